The summed E-state index contributed by atoms with van der Waals surface area (Å²) in [4.78, 5) is 5.53. The van der Waals surface area contributed by atoms with E-state index in [1.165, 1.54) is 12.2 Å². The standard InChI is InChI=1S/C9H12N2/c1-2-7-11(8-3-1)9-5-4-6-10-9/h1-2,4-6,10H,3,7-8H2. The Labute approximate surface area is 66.5 Å². The SMILES string of the molecule is C1=CCN(c2ccc[nH]2)CC1. The summed E-state index contributed by atoms with van der Waals surface area (Å²) in [6.07, 6.45) is 7.58. The van der Waals surface area contributed by atoms with Gasteiger partial charge in [-0.25, -0.2) is 0 Å². The largest absolute Gasteiger partial charge is 0.354 e. The van der Waals surface area contributed by atoms with Crippen LogP contribution in [-0.4, -0.2) is 18.1 Å². The first-order valence-corrected chi connectivity index (χ1v) is 4.00. The molecule has 0 atom stereocenters. The molecule has 0 radical (unpaired) electrons. The summed E-state index contributed by atoms with van der Waals surface area (Å²) in [5.41, 5.74) is 0. The molecular formula is C9H12N2. The van der Waals surface area contributed by atoms with Crippen LogP contribution in [0.15, 0.2) is 30.5 Å². The molecule has 1 aliphatic heterocycles. The lowest BCUT2D eigenvalue weighted by Crippen LogP contribution is -2.26. The molecule has 0 aliphatic carbocycles. The average Bonchev–Trinajstić information content (AvgIpc) is 2.58. The zero-order chi connectivity index (χ0) is 7.52. The second-order valence-corrected chi connectivity index (χ2v) is 2.76. The zero-order valence-corrected chi connectivity index (χ0v) is 6.46. The van der Waals surface area contributed by atoms with Gasteiger partial charge in [-0.2, -0.15) is 0 Å². The van der Waals surface area contributed by atoms with Gasteiger partial charge in [-0.15, -0.1) is 0 Å². The molecule has 0 saturated heterocycles. The Kier molecular flexibility index (Phi) is 1.68. The Bertz CT molecular complexity index is 236. The monoisotopic (exact) mass is 148 g/mol. The highest BCUT2D eigenvalue weighted by Crippen LogP contribution is 2.12. The van der Waals surface area contributed by atoms with Crippen LogP contribution in [0.3, 0.4) is 0 Å². The first-order chi connectivity index (χ1) is 5.47. The normalized spacial score (nSPS) is 17.3. The molecule has 2 rings (SSSR count). The van der Waals surface area contributed by atoms with Crippen molar-refractivity contribution in [3.05, 3.63) is 30.5 Å². The molecule has 0 amide bonds. The Balaban J connectivity index is 2.11. The van der Waals surface area contributed by atoms with Crippen molar-refractivity contribution >= 4 is 5.82 Å². The van der Waals surface area contributed by atoms with Crippen molar-refractivity contribution in [2.75, 3.05) is 18.0 Å². The fourth-order valence-corrected chi connectivity index (χ4v) is 1.38. The third-order valence-electron chi connectivity index (χ3n) is 1.98. The van der Waals surface area contributed by atoms with Crippen molar-refractivity contribution in [2.24, 2.45) is 0 Å². The third kappa shape index (κ3) is 1.29. The number of H-pyrrole nitrogens is 1. The fourth-order valence-electron chi connectivity index (χ4n) is 1.38. The van der Waals surface area contributed by atoms with Gasteiger partial charge in [-0.3, -0.25) is 0 Å². The third-order valence-corrected chi connectivity index (χ3v) is 1.98. The number of hydrogen-bond donors (Lipinski definition) is 1. The van der Waals surface area contributed by atoms with Crippen molar-refractivity contribution in [1.82, 2.24) is 4.98 Å². The summed E-state index contributed by atoms with van der Waals surface area (Å²) >= 11 is 0. The van der Waals surface area contributed by atoms with Gasteiger partial charge in [-0.05, 0) is 18.6 Å². The molecule has 0 saturated carbocycles. The van der Waals surface area contributed by atoms with E-state index in [2.05, 4.69) is 28.1 Å². The van der Waals surface area contributed by atoms with Crippen molar-refractivity contribution < 1.29 is 0 Å². The molecule has 2 nitrogen and oxygen atoms in total. The highest BCUT2D eigenvalue weighted by molar-refractivity contribution is 5.40. The van der Waals surface area contributed by atoms with Gasteiger partial charge in [0, 0.05) is 19.3 Å². The van der Waals surface area contributed by atoms with E-state index in [1.807, 2.05) is 12.3 Å². The van der Waals surface area contributed by atoms with Gasteiger partial charge in [0.2, 0.25) is 0 Å². The second-order valence-electron chi connectivity index (χ2n) is 2.76. The van der Waals surface area contributed by atoms with Gasteiger partial charge >= 0.3 is 0 Å². The molecule has 2 heterocycles. The second kappa shape index (κ2) is 2.82. The zero-order valence-electron chi connectivity index (χ0n) is 6.46. The van der Waals surface area contributed by atoms with Crippen molar-refractivity contribution in [1.29, 1.82) is 0 Å². The van der Waals surface area contributed by atoms with Gasteiger partial charge < -0.3 is 9.88 Å². The minimum Gasteiger partial charge on any atom is -0.354 e. The predicted molar refractivity (Wildman–Crippen MR) is 46.8 cm³/mol. The van der Waals surface area contributed by atoms with E-state index >= 15 is 0 Å². The molecule has 0 spiro atoms. The number of hydrogen-bond acceptors (Lipinski definition) is 1. The predicted octanol–water partition coefficient (Wildman–Crippen LogP) is 1.78. The van der Waals surface area contributed by atoms with Gasteiger partial charge in [0.05, 0.1) is 0 Å². The van der Waals surface area contributed by atoms with Crippen LogP contribution in [0, 0.1) is 0 Å². The van der Waals surface area contributed by atoms with E-state index < -0.39 is 0 Å². The number of nitrogens with one attached hydrogen (secondary N) is 1. The summed E-state index contributed by atoms with van der Waals surface area (Å²) in [5.74, 6) is 1.23. The molecule has 2 heteroatoms. The number of aromatic amines is 1. The molecule has 1 N–H and O–H groups in total. The number of aromatic nitrogens is 1. The van der Waals surface area contributed by atoms with Gasteiger partial charge in [-0.1, -0.05) is 12.2 Å². The lowest BCUT2D eigenvalue weighted by Gasteiger charge is -2.23. The molecule has 1 aromatic heterocycles. The maximum absolute atomic E-state index is 3.20. The Hall–Kier alpha value is -1.18. The van der Waals surface area contributed by atoms with Crippen LogP contribution in [-0.2, 0) is 0 Å². The smallest absolute Gasteiger partial charge is 0.106 e. The van der Waals surface area contributed by atoms with E-state index in [0.29, 0.717) is 0 Å². The van der Waals surface area contributed by atoms with Crippen molar-refractivity contribution in [3.63, 3.8) is 0 Å². The molecule has 58 valence electrons. The quantitative estimate of drug-likeness (QED) is 0.601. The highest BCUT2D eigenvalue weighted by atomic mass is 15.2. The first kappa shape index (κ1) is 6.53. The highest BCUT2D eigenvalue weighted by Gasteiger charge is 2.05. The van der Waals surface area contributed by atoms with E-state index in [0.717, 1.165) is 13.1 Å². The maximum atomic E-state index is 3.20. The Morgan fingerprint density at radius 2 is 2.36 bits per heavy atom. The van der Waals surface area contributed by atoms with Gasteiger partial charge in [0.25, 0.3) is 0 Å². The van der Waals surface area contributed by atoms with E-state index in [4.69, 9.17) is 0 Å². The minimum atomic E-state index is 1.04. The van der Waals surface area contributed by atoms with Crippen LogP contribution in [0.4, 0.5) is 5.82 Å². The van der Waals surface area contributed by atoms with E-state index in [-0.39, 0.29) is 0 Å². The van der Waals surface area contributed by atoms with Gasteiger partial charge in [0.15, 0.2) is 0 Å². The fraction of sp³-hybridized carbons (Fsp3) is 0.333. The van der Waals surface area contributed by atoms with E-state index in [1.54, 1.807) is 0 Å². The number of anilines is 1. The molecule has 1 aromatic rings. The van der Waals surface area contributed by atoms with Gasteiger partial charge in [0.1, 0.15) is 5.82 Å². The maximum Gasteiger partial charge on any atom is 0.106 e. The summed E-state index contributed by atoms with van der Waals surface area (Å²) < 4.78 is 0. The molecular weight excluding hydrogens is 136 g/mol. The number of rotatable bonds is 1. The van der Waals surface area contributed by atoms with Crippen LogP contribution < -0.4 is 4.90 Å². The van der Waals surface area contributed by atoms with Crippen molar-refractivity contribution in [2.45, 2.75) is 6.42 Å². The Morgan fingerprint density at radius 3 is 3.00 bits per heavy atom. The Morgan fingerprint density at radius 1 is 1.36 bits per heavy atom. The molecule has 0 fully saturated rings. The summed E-state index contributed by atoms with van der Waals surface area (Å²) in [5, 5.41) is 0. The van der Waals surface area contributed by atoms with Crippen LogP contribution in [0.1, 0.15) is 6.42 Å². The molecule has 11 heavy (non-hydrogen) atoms. The van der Waals surface area contributed by atoms with Crippen molar-refractivity contribution in [3.8, 4) is 0 Å². The van der Waals surface area contributed by atoms with Crippen LogP contribution in [0.5, 0.6) is 0 Å². The summed E-state index contributed by atoms with van der Waals surface area (Å²) in [7, 11) is 0. The molecule has 0 aromatic carbocycles. The molecule has 0 bridgehead atoms. The number of nitrogens with zero attached hydrogens (tertiary/aromatic N) is 1. The van der Waals surface area contributed by atoms with Crippen LogP contribution in [0.2, 0.25) is 0 Å². The lowest BCUT2D eigenvalue weighted by molar-refractivity contribution is 0.809. The topological polar surface area (TPSA) is 19.0 Å². The minimum absolute atomic E-state index is 1.04. The summed E-state index contributed by atoms with van der Waals surface area (Å²) in [6.45, 7) is 2.18. The van der Waals surface area contributed by atoms with E-state index in [9.17, 15) is 0 Å². The van der Waals surface area contributed by atoms with Crippen LogP contribution in [0.25, 0.3) is 0 Å². The summed E-state index contributed by atoms with van der Waals surface area (Å²) in [6, 6.07) is 4.15. The molecule has 1 aliphatic rings. The van der Waals surface area contributed by atoms with Crippen LogP contribution >= 0.6 is 0 Å². The average molecular weight is 148 g/mol. The lowest BCUT2D eigenvalue weighted by atomic mass is 10.2. The molecule has 0 unspecified atom stereocenters. The first-order valence-electron chi connectivity index (χ1n) is 4.00.